The molecule has 0 spiro atoms. The fourth-order valence-corrected chi connectivity index (χ4v) is 0.719. The average molecular weight is 210 g/mol. The first-order valence-electron chi connectivity index (χ1n) is 4.46. The molecule has 0 radical (unpaired) electrons. The van der Waals surface area contributed by atoms with Crippen LogP contribution in [0.15, 0.2) is 24.3 Å². The van der Waals surface area contributed by atoms with E-state index in [1.54, 1.807) is 6.92 Å². The molecule has 4 nitrogen and oxygen atoms in total. The van der Waals surface area contributed by atoms with E-state index in [0.29, 0.717) is 11.9 Å². The third-order valence-electron chi connectivity index (χ3n) is 1.61. The minimum absolute atomic E-state index is 0.0165. The van der Waals surface area contributed by atoms with Crippen molar-refractivity contribution in [3.05, 3.63) is 24.3 Å². The second-order valence-electron chi connectivity index (χ2n) is 3.08. The zero-order chi connectivity index (χ0) is 11.8. The lowest BCUT2D eigenvalue weighted by Gasteiger charge is -2.04. The molecular weight excluding hydrogens is 196 g/mol. The van der Waals surface area contributed by atoms with Gasteiger partial charge in [0.15, 0.2) is 5.78 Å². The number of carbonyl (C=O) groups excluding carboxylic acids is 3. The monoisotopic (exact) mass is 210 g/mol. The normalized spacial score (nSPS) is 9.13. The molecule has 0 unspecified atom stereocenters. The number of allylic oxidation sites excluding steroid dienone is 1. The topological polar surface area (TPSA) is 60.4 Å². The van der Waals surface area contributed by atoms with E-state index in [1.165, 1.54) is 0 Å². The number of ketones is 1. The summed E-state index contributed by atoms with van der Waals surface area (Å²) in [6.45, 7) is 8.46. The van der Waals surface area contributed by atoms with Crippen LogP contribution < -0.4 is 0 Å². The molecule has 0 fully saturated rings. The Morgan fingerprint density at radius 1 is 1.33 bits per heavy atom. The standard InChI is InChI=1S/C11H14O4/c1-8(2)10(13)7-9(3)11(14)15-6-4-5-12/h5H,1,3-4,6-7H2,2H3. The molecule has 0 aromatic heterocycles. The molecule has 0 atom stereocenters. The molecule has 15 heavy (non-hydrogen) atoms. The Morgan fingerprint density at radius 2 is 1.93 bits per heavy atom. The molecule has 0 aromatic rings. The zero-order valence-electron chi connectivity index (χ0n) is 8.75. The number of esters is 1. The summed E-state index contributed by atoms with van der Waals surface area (Å²) in [5, 5.41) is 0. The van der Waals surface area contributed by atoms with Crippen LogP contribution in [0.5, 0.6) is 0 Å². The molecule has 4 heteroatoms. The van der Waals surface area contributed by atoms with Gasteiger partial charge in [0.2, 0.25) is 0 Å². The van der Waals surface area contributed by atoms with E-state index in [4.69, 9.17) is 0 Å². The number of ether oxygens (including phenoxy) is 1. The molecule has 0 saturated heterocycles. The smallest absolute Gasteiger partial charge is 0.333 e. The SMILES string of the molecule is C=C(C)C(=O)CC(=C)C(=O)OCCC=O. The van der Waals surface area contributed by atoms with Gasteiger partial charge in [0.1, 0.15) is 6.29 Å². The predicted molar refractivity (Wildman–Crippen MR) is 55.2 cm³/mol. The van der Waals surface area contributed by atoms with E-state index < -0.39 is 5.97 Å². The van der Waals surface area contributed by atoms with Crippen LogP contribution in [0.25, 0.3) is 0 Å². The van der Waals surface area contributed by atoms with Crippen molar-refractivity contribution in [2.45, 2.75) is 19.8 Å². The van der Waals surface area contributed by atoms with Crippen LogP contribution >= 0.6 is 0 Å². The van der Waals surface area contributed by atoms with Gasteiger partial charge >= 0.3 is 5.97 Å². The van der Waals surface area contributed by atoms with Crippen LogP contribution in [-0.4, -0.2) is 24.6 Å². The maximum Gasteiger partial charge on any atom is 0.333 e. The minimum Gasteiger partial charge on any atom is -0.462 e. The summed E-state index contributed by atoms with van der Waals surface area (Å²) in [5.41, 5.74) is 0.450. The van der Waals surface area contributed by atoms with Gasteiger partial charge in [-0.3, -0.25) is 4.79 Å². The molecule has 0 aliphatic rings. The van der Waals surface area contributed by atoms with Gasteiger partial charge in [0, 0.05) is 18.4 Å². The van der Waals surface area contributed by atoms with Crippen molar-refractivity contribution in [3.63, 3.8) is 0 Å². The Labute approximate surface area is 88.6 Å². The first-order chi connectivity index (χ1) is 6.99. The van der Waals surface area contributed by atoms with Gasteiger partial charge in [-0.25, -0.2) is 4.79 Å². The van der Waals surface area contributed by atoms with E-state index in [2.05, 4.69) is 17.9 Å². The van der Waals surface area contributed by atoms with E-state index in [9.17, 15) is 14.4 Å². The number of Topliss-reactive ketones (excluding diaryl/α,β-unsaturated/α-hetero) is 1. The number of hydrogen-bond donors (Lipinski definition) is 0. The van der Waals surface area contributed by atoms with Gasteiger partial charge in [0.25, 0.3) is 0 Å². The van der Waals surface area contributed by atoms with Crippen molar-refractivity contribution in [2.75, 3.05) is 6.61 Å². The molecule has 0 N–H and O–H groups in total. The third-order valence-corrected chi connectivity index (χ3v) is 1.61. The molecular formula is C11H14O4. The summed E-state index contributed by atoms with van der Waals surface area (Å²) >= 11 is 0. The largest absolute Gasteiger partial charge is 0.462 e. The Hall–Kier alpha value is -1.71. The molecule has 0 aliphatic carbocycles. The van der Waals surface area contributed by atoms with Gasteiger partial charge in [-0.05, 0) is 12.5 Å². The summed E-state index contributed by atoms with van der Waals surface area (Å²) in [6, 6.07) is 0. The summed E-state index contributed by atoms with van der Waals surface area (Å²) < 4.78 is 4.67. The van der Waals surface area contributed by atoms with Gasteiger partial charge in [-0.15, -0.1) is 0 Å². The van der Waals surface area contributed by atoms with E-state index in [1.807, 2.05) is 0 Å². The summed E-state index contributed by atoms with van der Waals surface area (Å²) in [6.07, 6.45) is 0.706. The highest BCUT2D eigenvalue weighted by Crippen LogP contribution is 2.06. The van der Waals surface area contributed by atoms with Crippen LogP contribution in [0.3, 0.4) is 0 Å². The van der Waals surface area contributed by atoms with Crippen LogP contribution in [-0.2, 0) is 19.1 Å². The van der Waals surface area contributed by atoms with Crippen LogP contribution in [0.4, 0.5) is 0 Å². The van der Waals surface area contributed by atoms with Crippen molar-refractivity contribution in [1.29, 1.82) is 0 Å². The van der Waals surface area contributed by atoms with Gasteiger partial charge in [-0.2, -0.15) is 0 Å². The Morgan fingerprint density at radius 3 is 2.40 bits per heavy atom. The lowest BCUT2D eigenvalue weighted by atomic mass is 10.1. The quantitative estimate of drug-likeness (QED) is 0.274. The second kappa shape index (κ2) is 6.70. The van der Waals surface area contributed by atoms with Crippen molar-refractivity contribution in [3.8, 4) is 0 Å². The molecule has 82 valence electrons. The lowest BCUT2D eigenvalue weighted by molar-refractivity contribution is -0.140. The Bertz CT molecular complexity index is 302. The highest BCUT2D eigenvalue weighted by atomic mass is 16.5. The maximum atomic E-state index is 11.2. The average Bonchev–Trinajstić information content (AvgIpc) is 2.17. The molecule has 0 aliphatic heterocycles. The van der Waals surface area contributed by atoms with Gasteiger partial charge in [-0.1, -0.05) is 13.2 Å². The van der Waals surface area contributed by atoms with Gasteiger partial charge < -0.3 is 9.53 Å². The summed E-state index contributed by atoms with van der Waals surface area (Å²) in [4.78, 5) is 32.3. The molecule has 0 aromatic carbocycles. The van der Waals surface area contributed by atoms with Crippen molar-refractivity contribution in [1.82, 2.24) is 0 Å². The lowest BCUT2D eigenvalue weighted by Crippen LogP contribution is -2.12. The summed E-state index contributed by atoms with van der Waals surface area (Å²) in [5.74, 6) is -0.890. The number of aldehydes is 1. The first kappa shape index (κ1) is 13.3. The molecule has 0 amide bonds. The molecule has 0 saturated carbocycles. The highest BCUT2D eigenvalue weighted by Gasteiger charge is 2.13. The Kier molecular flexibility index (Phi) is 5.94. The number of hydrogen-bond acceptors (Lipinski definition) is 4. The van der Waals surface area contributed by atoms with Gasteiger partial charge in [0.05, 0.1) is 6.61 Å². The molecule has 0 rings (SSSR count). The Balaban J connectivity index is 3.99. The fourth-order valence-electron chi connectivity index (χ4n) is 0.719. The second-order valence-corrected chi connectivity index (χ2v) is 3.08. The highest BCUT2D eigenvalue weighted by molar-refractivity contribution is 6.01. The fraction of sp³-hybridized carbons (Fsp3) is 0.364. The van der Waals surface area contributed by atoms with Crippen molar-refractivity contribution in [2.24, 2.45) is 0 Å². The van der Waals surface area contributed by atoms with E-state index in [-0.39, 0.29) is 30.8 Å². The van der Waals surface area contributed by atoms with Crippen LogP contribution in [0.2, 0.25) is 0 Å². The number of carbonyl (C=O) groups is 3. The van der Waals surface area contributed by atoms with Crippen molar-refractivity contribution < 1.29 is 19.1 Å². The van der Waals surface area contributed by atoms with E-state index in [0.717, 1.165) is 0 Å². The minimum atomic E-state index is -0.647. The summed E-state index contributed by atoms with van der Waals surface area (Å²) in [7, 11) is 0. The van der Waals surface area contributed by atoms with Crippen LogP contribution in [0.1, 0.15) is 19.8 Å². The zero-order valence-corrected chi connectivity index (χ0v) is 8.75. The van der Waals surface area contributed by atoms with Crippen LogP contribution in [0, 0.1) is 0 Å². The molecule has 0 bridgehead atoms. The molecule has 0 heterocycles. The first-order valence-corrected chi connectivity index (χ1v) is 4.46. The van der Waals surface area contributed by atoms with Crippen molar-refractivity contribution >= 4 is 18.0 Å². The third kappa shape index (κ3) is 5.57. The number of rotatable bonds is 7. The van der Waals surface area contributed by atoms with E-state index >= 15 is 0 Å². The predicted octanol–water partition coefficient (Wildman–Crippen LogP) is 1.21. The maximum absolute atomic E-state index is 11.2.